The summed E-state index contributed by atoms with van der Waals surface area (Å²) in [6.45, 7) is 7.80. The van der Waals surface area contributed by atoms with Crippen LogP contribution in [0.4, 0.5) is 5.82 Å². The van der Waals surface area contributed by atoms with Crippen molar-refractivity contribution in [3.63, 3.8) is 0 Å². The van der Waals surface area contributed by atoms with Gasteiger partial charge in [-0.2, -0.15) is 0 Å². The number of hydrogen-bond acceptors (Lipinski definition) is 3. The minimum Gasteiger partial charge on any atom is -0.392 e. The van der Waals surface area contributed by atoms with Gasteiger partial charge in [0.25, 0.3) is 0 Å². The van der Waals surface area contributed by atoms with E-state index in [1.807, 2.05) is 6.07 Å². The predicted octanol–water partition coefficient (Wildman–Crippen LogP) is 3.54. The molecule has 1 aliphatic carbocycles. The second kappa shape index (κ2) is 7.07. The zero-order valence-electron chi connectivity index (χ0n) is 13.1. The molecule has 20 heavy (non-hydrogen) atoms. The van der Waals surface area contributed by atoms with Gasteiger partial charge in [0.1, 0.15) is 5.82 Å². The van der Waals surface area contributed by atoms with E-state index in [4.69, 9.17) is 4.98 Å². The van der Waals surface area contributed by atoms with E-state index < -0.39 is 0 Å². The van der Waals surface area contributed by atoms with Crippen LogP contribution in [0.2, 0.25) is 0 Å². The molecule has 1 fully saturated rings. The normalized spacial score (nSPS) is 16.1. The summed E-state index contributed by atoms with van der Waals surface area (Å²) < 4.78 is 0. The van der Waals surface area contributed by atoms with Crippen molar-refractivity contribution < 1.29 is 5.11 Å². The minimum absolute atomic E-state index is 0.0999. The van der Waals surface area contributed by atoms with Crippen LogP contribution < -0.4 is 4.90 Å². The van der Waals surface area contributed by atoms with E-state index in [0.29, 0.717) is 12.0 Å². The maximum absolute atomic E-state index is 9.46. The number of hydrogen-bond donors (Lipinski definition) is 1. The first-order chi connectivity index (χ1) is 9.63. The molecule has 3 nitrogen and oxygen atoms in total. The highest BCUT2D eigenvalue weighted by molar-refractivity contribution is 5.44. The van der Waals surface area contributed by atoms with E-state index in [0.717, 1.165) is 30.0 Å². The van der Waals surface area contributed by atoms with Crippen molar-refractivity contribution in [1.29, 1.82) is 0 Å². The molecule has 0 aliphatic heterocycles. The molecule has 1 saturated carbocycles. The Morgan fingerprint density at radius 2 is 2.00 bits per heavy atom. The van der Waals surface area contributed by atoms with Gasteiger partial charge in [-0.3, -0.25) is 0 Å². The Morgan fingerprint density at radius 3 is 2.55 bits per heavy atom. The number of aromatic nitrogens is 1. The maximum atomic E-state index is 9.46. The van der Waals surface area contributed by atoms with Crippen LogP contribution in [0.3, 0.4) is 0 Å². The molecule has 2 rings (SSSR count). The van der Waals surface area contributed by atoms with Gasteiger partial charge in [-0.05, 0) is 42.9 Å². The zero-order chi connectivity index (χ0) is 14.5. The molecule has 0 atom stereocenters. The van der Waals surface area contributed by atoms with E-state index in [1.165, 1.54) is 25.7 Å². The highest BCUT2D eigenvalue weighted by Crippen LogP contribution is 2.29. The van der Waals surface area contributed by atoms with Crippen molar-refractivity contribution in [3.8, 4) is 0 Å². The van der Waals surface area contributed by atoms with E-state index >= 15 is 0 Å². The van der Waals surface area contributed by atoms with Gasteiger partial charge in [0.2, 0.25) is 0 Å². The SMILES string of the molecule is CCc1cc(CO)cc(N(CC(C)C)C2CCCC2)n1. The minimum atomic E-state index is 0.0999. The summed E-state index contributed by atoms with van der Waals surface area (Å²) in [5, 5.41) is 9.46. The van der Waals surface area contributed by atoms with Gasteiger partial charge in [0.15, 0.2) is 0 Å². The summed E-state index contributed by atoms with van der Waals surface area (Å²) in [6.07, 6.45) is 6.14. The number of aliphatic hydroxyl groups excluding tert-OH is 1. The van der Waals surface area contributed by atoms with Gasteiger partial charge in [-0.15, -0.1) is 0 Å². The highest BCUT2D eigenvalue weighted by atomic mass is 16.3. The van der Waals surface area contributed by atoms with Crippen LogP contribution in [0.1, 0.15) is 57.7 Å². The van der Waals surface area contributed by atoms with Crippen molar-refractivity contribution in [2.75, 3.05) is 11.4 Å². The third-order valence-electron chi connectivity index (χ3n) is 4.09. The quantitative estimate of drug-likeness (QED) is 0.863. The first kappa shape index (κ1) is 15.3. The molecule has 1 aromatic heterocycles. The van der Waals surface area contributed by atoms with Crippen LogP contribution in [0.15, 0.2) is 12.1 Å². The fraction of sp³-hybridized carbons (Fsp3) is 0.706. The molecule has 0 radical (unpaired) electrons. The number of aliphatic hydroxyl groups is 1. The molecule has 1 N–H and O–H groups in total. The maximum Gasteiger partial charge on any atom is 0.129 e. The number of aryl methyl sites for hydroxylation is 1. The predicted molar refractivity (Wildman–Crippen MR) is 84.0 cm³/mol. The molecule has 1 heterocycles. The number of anilines is 1. The molecule has 0 saturated heterocycles. The molecule has 1 aromatic rings. The van der Waals surface area contributed by atoms with Crippen LogP contribution in [-0.2, 0) is 13.0 Å². The summed E-state index contributed by atoms with van der Waals surface area (Å²) in [6, 6.07) is 4.72. The Hall–Kier alpha value is -1.09. The lowest BCUT2D eigenvalue weighted by atomic mass is 10.1. The van der Waals surface area contributed by atoms with E-state index in [2.05, 4.69) is 31.7 Å². The van der Waals surface area contributed by atoms with Crippen molar-refractivity contribution in [2.45, 2.75) is 65.5 Å². The Morgan fingerprint density at radius 1 is 1.30 bits per heavy atom. The molecule has 0 amide bonds. The Labute approximate surface area is 123 Å². The Balaban J connectivity index is 2.30. The number of rotatable bonds is 6. The lowest BCUT2D eigenvalue weighted by Crippen LogP contribution is -2.37. The lowest BCUT2D eigenvalue weighted by Gasteiger charge is -2.32. The van der Waals surface area contributed by atoms with Gasteiger partial charge in [0, 0.05) is 18.3 Å². The van der Waals surface area contributed by atoms with Crippen LogP contribution in [0.5, 0.6) is 0 Å². The number of pyridine rings is 1. The lowest BCUT2D eigenvalue weighted by molar-refractivity contribution is 0.281. The van der Waals surface area contributed by atoms with Crippen molar-refractivity contribution in [1.82, 2.24) is 4.98 Å². The van der Waals surface area contributed by atoms with Gasteiger partial charge in [0.05, 0.1) is 6.61 Å². The monoisotopic (exact) mass is 276 g/mol. The summed E-state index contributed by atoms with van der Waals surface area (Å²) >= 11 is 0. The molecule has 0 bridgehead atoms. The summed E-state index contributed by atoms with van der Waals surface area (Å²) in [7, 11) is 0. The molecule has 0 spiro atoms. The van der Waals surface area contributed by atoms with Crippen LogP contribution in [0.25, 0.3) is 0 Å². The molecule has 0 unspecified atom stereocenters. The summed E-state index contributed by atoms with van der Waals surface area (Å²) in [5.74, 6) is 1.69. The second-order valence-corrected chi connectivity index (χ2v) is 6.32. The average molecular weight is 276 g/mol. The second-order valence-electron chi connectivity index (χ2n) is 6.32. The highest BCUT2D eigenvalue weighted by Gasteiger charge is 2.24. The third-order valence-corrected chi connectivity index (χ3v) is 4.09. The molecule has 112 valence electrons. The van der Waals surface area contributed by atoms with E-state index in [1.54, 1.807) is 0 Å². The van der Waals surface area contributed by atoms with Gasteiger partial charge in [-0.1, -0.05) is 33.6 Å². The van der Waals surface area contributed by atoms with Crippen molar-refractivity contribution in [2.24, 2.45) is 5.92 Å². The number of nitrogens with zero attached hydrogens (tertiary/aromatic N) is 2. The zero-order valence-corrected chi connectivity index (χ0v) is 13.1. The molecule has 3 heteroatoms. The molecular formula is C17H28N2O. The van der Waals surface area contributed by atoms with Crippen molar-refractivity contribution >= 4 is 5.82 Å². The first-order valence-electron chi connectivity index (χ1n) is 8.01. The van der Waals surface area contributed by atoms with Crippen molar-refractivity contribution in [3.05, 3.63) is 23.4 Å². The van der Waals surface area contributed by atoms with Crippen LogP contribution in [-0.4, -0.2) is 22.7 Å². The molecule has 0 aromatic carbocycles. The fourth-order valence-electron chi connectivity index (χ4n) is 3.09. The van der Waals surface area contributed by atoms with E-state index in [-0.39, 0.29) is 6.61 Å². The van der Waals surface area contributed by atoms with Gasteiger partial charge < -0.3 is 10.0 Å². The summed E-state index contributed by atoms with van der Waals surface area (Å²) in [5.41, 5.74) is 2.07. The topological polar surface area (TPSA) is 36.4 Å². The van der Waals surface area contributed by atoms with Gasteiger partial charge in [-0.25, -0.2) is 4.98 Å². The van der Waals surface area contributed by atoms with Crippen LogP contribution >= 0.6 is 0 Å². The largest absolute Gasteiger partial charge is 0.392 e. The first-order valence-corrected chi connectivity index (χ1v) is 8.01. The van der Waals surface area contributed by atoms with Crippen LogP contribution in [0, 0.1) is 5.92 Å². The van der Waals surface area contributed by atoms with Gasteiger partial charge >= 0.3 is 0 Å². The average Bonchev–Trinajstić information content (AvgIpc) is 2.97. The Bertz CT molecular complexity index is 403. The fourth-order valence-corrected chi connectivity index (χ4v) is 3.09. The molecular weight excluding hydrogens is 248 g/mol. The smallest absolute Gasteiger partial charge is 0.129 e. The summed E-state index contributed by atoms with van der Waals surface area (Å²) in [4.78, 5) is 7.29. The Kier molecular flexibility index (Phi) is 5.41. The van der Waals surface area contributed by atoms with E-state index in [9.17, 15) is 5.11 Å². The standard InChI is InChI=1S/C17H28N2O/c1-4-15-9-14(12-20)10-17(18-15)19(11-13(2)3)16-7-5-6-8-16/h9-10,13,16,20H,4-8,11-12H2,1-3H3. The third kappa shape index (κ3) is 3.72. The molecule has 1 aliphatic rings.